The van der Waals surface area contributed by atoms with Gasteiger partial charge in [0.2, 0.25) is 5.91 Å². The summed E-state index contributed by atoms with van der Waals surface area (Å²) < 4.78 is 37.3. The molecule has 0 atom stereocenters. The van der Waals surface area contributed by atoms with Crippen molar-refractivity contribution in [1.82, 2.24) is 5.32 Å². The Labute approximate surface area is 197 Å². The summed E-state index contributed by atoms with van der Waals surface area (Å²) in [6, 6.07) is 11.1. The van der Waals surface area contributed by atoms with E-state index < -0.39 is 20.5 Å². The minimum atomic E-state index is -3.82. The van der Waals surface area contributed by atoms with Gasteiger partial charge in [-0.05, 0) is 81.8 Å². The zero-order chi connectivity index (χ0) is 24.1. The maximum atomic E-state index is 13.7. The monoisotopic (exact) mass is 473 g/mol. The molecule has 1 N–H and O–H groups in total. The highest BCUT2D eigenvalue weighted by Gasteiger charge is 2.53. The van der Waals surface area contributed by atoms with Gasteiger partial charge >= 0.3 is 0 Å². The molecule has 1 amide bonds. The van der Waals surface area contributed by atoms with E-state index in [0.717, 1.165) is 24.0 Å². The van der Waals surface area contributed by atoms with Crippen LogP contribution < -0.4 is 14.8 Å². The Morgan fingerprint density at radius 3 is 2.30 bits per heavy atom. The second-order valence-corrected chi connectivity index (χ2v) is 10.9. The number of rotatable bonds is 10. The molecule has 1 aliphatic rings. The lowest BCUT2D eigenvalue weighted by molar-refractivity contribution is -0.123. The third kappa shape index (κ3) is 5.18. The van der Waals surface area contributed by atoms with Gasteiger partial charge in [-0.2, -0.15) is 0 Å². The number of sulfone groups is 1. The molecule has 6 nitrogen and oxygen atoms in total. The topological polar surface area (TPSA) is 81.7 Å². The van der Waals surface area contributed by atoms with Crippen LogP contribution in [0.2, 0.25) is 0 Å². The summed E-state index contributed by atoms with van der Waals surface area (Å²) in [4.78, 5) is 13.6. The highest BCUT2D eigenvalue weighted by molar-refractivity contribution is 7.93. The number of hydrogen-bond donors (Lipinski definition) is 1. The van der Waals surface area contributed by atoms with Crippen LogP contribution in [0.15, 0.2) is 41.3 Å². The second kappa shape index (κ2) is 10.6. The van der Waals surface area contributed by atoms with Crippen LogP contribution in [0.1, 0.15) is 56.2 Å². The minimum Gasteiger partial charge on any atom is -0.490 e. The Morgan fingerprint density at radius 1 is 0.970 bits per heavy atom. The standard InChI is InChI=1S/C26H35NO5S/c1-5-31-22-12-11-21(18-23(22)32-6-2)13-16-27-25(28)26(14-7-8-15-26)33(29,30)24-17-19(3)9-10-20(24)4/h9-12,17-18H,5-8,13-16H2,1-4H3,(H,27,28). The molecule has 0 bridgehead atoms. The number of carbonyl (C=O) groups excluding carboxylic acids is 1. The van der Waals surface area contributed by atoms with E-state index in [1.165, 1.54) is 0 Å². The summed E-state index contributed by atoms with van der Waals surface area (Å²) in [7, 11) is -3.82. The molecule has 33 heavy (non-hydrogen) atoms. The maximum Gasteiger partial charge on any atom is 0.241 e. The van der Waals surface area contributed by atoms with E-state index in [0.29, 0.717) is 56.1 Å². The van der Waals surface area contributed by atoms with Crippen LogP contribution in [0.25, 0.3) is 0 Å². The summed E-state index contributed by atoms with van der Waals surface area (Å²) >= 11 is 0. The lowest BCUT2D eigenvalue weighted by Crippen LogP contribution is -2.51. The third-order valence-electron chi connectivity index (χ3n) is 6.28. The molecule has 0 aliphatic heterocycles. The van der Waals surface area contributed by atoms with Crippen molar-refractivity contribution in [2.45, 2.75) is 69.4 Å². The van der Waals surface area contributed by atoms with Gasteiger partial charge in [-0.25, -0.2) is 8.42 Å². The van der Waals surface area contributed by atoms with Crippen LogP contribution in [-0.4, -0.2) is 38.8 Å². The normalized spacial score (nSPS) is 15.3. The molecule has 7 heteroatoms. The highest BCUT2D eigenvalue weighted by Crippen LogP contribution is 2.41. The summed E-state index contributed by atoms with van der Waals surface area (Å²) in [5.74, 6) is 0.974. The molecule has 1 saturated carbocycles. The van der Waals surface area contributed by atoms with E-state index in [1.807, 2.05) is 51.1 Å². The second-order valence-electron chi connectivity index (χ2n) is 8.63. The largest absolute Gasteiger partial charge is 0.490 e. The van der Waals surface area contributed by atoms with Crippen molar-refractivity contribution in [2.24, 2.45) is 0 Å². The van der Waals surface area contributed by atoms with E-state index in [4.69, 9.17) is 9.47 Å². The Hall–Kier alpha value is -2.54. The average molecular weight is 474 g/mol. The van der Waals surface area contributed by atoms with Crippen LogP contribution in [0, 0.1) is 13.8 Å². The van der Waals surface area contributed by atoms with E-state index in [9.17, 15) is 13.2 Å². The van der Waals surface area contributed by atoms with Gasteiger partial charge in [0, 0.05) is 6.54 Å². The Morgan fingerprint density at radius 2 is 1.64 bits per heavy atom. The molecule has 2 aromatic rings. The van der Waals surface area contributed by atoms with E-state index in [-0.39, 0.29) is 4.90 Å². The maximum absolute atomic E-state index is 13.7. The first-order chi connectivity index (χ1) is 15.7. The number of ether oxygens (including phenoxy) is 2. The molecule has 0 spiro atoms. The van der Waals surface area contributed by atoms with Crippen molar-refractivity contribution < 1.29 is 22.7 Å². The van der Waals surface area contributed by atoms with Gasteiger partial charge in [0.1, 0.15) is 0 Å². The van der Waals surface area contributed by atoms with Gasteiger partial charge in [-0.15, -0.1) is 0 Å². The number of carbonyl (C=O) groups is 1. The van der Waals surface area contributed by atoms with Gasteiger partial charge in [-0.3, -0.25) is 4.79 Å². The first kappa shape index (κ1) is 25.1. The van der Waals surface area contributed by atoms with Gasteiger partial charge in [0.15, 0.2) is 26.1 Å². The molecule has 0 saturated heterocycles. The Kier molecular flexibility index (Phi) is 8.05. The fourth-order valence-corrected chi connectivity index (χ4v) is 6.90. The first-order valence-electron chi connectivity index (χ1n) is 11.7. The number of benzene rings is 2. The molecule has 0 unspecified atom stereocenters. The molecule has 180 valence electrons. The van der Waals surface area contributed by atoms with Crippen LogP contribution in [0.4, 0.5) is 0 Å². The predicted octanol–water partition coefficient (Wildman–Crippen LogP) is 4.55. The van der Waals surface area contributed by atoms with E-state index in [1.54, 1.807) is 13.0 Å². The zero-order valence-electron chi connectivity index (χ0n) is 20.1. The zero-order valence-corrected chi connectivity index (χ0v) is 20.9. The summed E-state index contributed by atoms with van der Waals surface area (Å²) in [6.45, 7) is 8.92. The number of aryl methyl sites for hydroxylation is 2. The van der Waals surface area contributed by atoms with Crippen molar-refractivity contribution in [3.63, 3.8) is 0 Å². The smallest absolute Gasteiger partial charge is 0.241 e. The van der Waals surface area contributed by atoms with Gasteiger partial charge < -0.3 is 14.8 Å². The summed E-state index contributed by atoms with van der Waals surface area (Å²) in [5, 5.41) is 2.92. The van der Waals surface area contributed by atoms with Crippen molar-refractivity contribution in [3.8, 4) is 11.5 Å². The number of amides is 1. The highest BCUT2D eigenvalue weighted by atomic mass is 32.2. The van der Waals surface area contributed by atoms with Crippen molar-refractivity contribution in [2.75, 3.05) is 19.8 Å². The average Bonchev–Trinajstić information content (AvgIpc) is 3.29. The predicted molar refractivity (Wildman–Crippen MR) is 130 cm³/mol. The van der Waals surface area contributed by atoms with Crippen LogP contribution in [0.5, 0.6) is 11.5 Å². The molecule has 0 heterocycles. The molecule has 0 aromatic heterocycles. The van der Waals surface area contributed by atoms with Crippen molar-refractivity contribution >= 4 is 15.7 Å². The fraction of sp³-hybridized carbons (Fsp3) is 0.500. The summed E-state index contributed by atoms with van der Waals surface area (Å²) in [6.07, 6.45) is 2.73. The molecule has 3 rings (SSSR count). The van der Waals surface area contributed by atoms with Crippen LogP contribution in [-0.2, 0) is 21.1 Å². The van der Waals surface area contributed by atoms with Crippen LogP contribution >= 0.6 is 0 Å². The molecule has 0 radical (unpaired) electrons. The van der Waals surface area contributed by atoms with E-state index >= 15 is 0 Å². The number of nitrogens with one attached hydrogen (secondary N) is 1. The van der Waals surface area contributed by atoms with Gasteiger partial charge in [-0.1, -0.05) is 31.0 Å². The van der Waals surface area contributed by atoms with Gasteiger partial charge in [0.05, 0.1) is 18.1 Å². The van der Waals surface area contributed by atoms with Crippen LogP contribution in [0.3, 0.4) is 0 Å². The lowest BCUT2D eigenvalue weighted by atomic mass is 10.1. The molecule has 2 aromatic carbocycles. The molecule has 1 aliphatic carbocycles. The first-order valence-corrected chi connectivity index (χ1v) is 13.2. The SMILES string of the molecule is CCOc1ccc(CCNC(=O)C2(S(=O)(=O)c3cc(C)ccc3C)CCCC2)cc1OCC. The van der Waals surface area contributed by atoms with Gasteiger partial charge in [0.25, 0.3) is 0 Å². The summed E-state index contributed by atoms with van der Waals surface area (Å²) in [5.41, 5.74) is 2.53. The number of hydrogen-bond acceptors (Lipinski definition) is 5. The molecular formula is C26H35NO5S. The fourth-order valence-electron chi connectivity index (χ4n) is 4.50. The Bertz CT molecular complexity index is 1090. The molecule has 1 fully saturated rings. The lowest BCUT2D eigenvalue weighted by Gasteiger charge is -2.28. The third-order valence-corrected chi connectivity index (χ3v) is 8.92. The van der Waals surface area contributed by atoms with Crippen molar-refractivity contribution in [1.29, 1.82) is 0 Å². The quantitative estimate of drug-likeness (QED) is 0.548. The molecular weight excluding hydrogens is 438 g/mol. The van der Waals surface area contributed by atoms with E-state index in [2.05, 4.69) is 5.32 Å². The van der Waals surface area contributed by atoms with Crippen molar-refractivity contribution in [3.05, 3.63) is 53.1 Å². The minimum absolute atomic E-state index is 0.271. The Balaban J connectivity index is 1.76.